The minimum Gasteiger partial charge on any atom is -0.488 e. The molecule has 2 aliphatic rings. The van der Waals surface area contributed by atoms with Crippen LogP contribution in [-0.4, -0.2) is 70.9 Å². The number of carbonyl (C=O) groups is 1. The Morgan fingerprint density at radius 2 is 1.92 bits per heavy atom. The van der Waals surface area contributed by atoms with Gasteiger partial charge in [-0.25, -0.2) is 8.78 Å². The number of carboxylic acids is 1. The van der Waals surface area contributed by atoms with Crippen LogP contribution >= 0.6 is 0 Å². The van der Waals surface area contributed by atoms with Crippen molar-refractivity contribution in [2.24, 2.45) is 5.92 Å². The average Bonchev–Trinajstić information content (AvgIpc) is 3.19. The first kappa shape index (κ1) is 25.6. The third-order valence-electron chi connectivity index (χ3n) is 7.58. The molecule has 1 unspecified atom stereocenters. The molecule has 5 rings (SSSR count). The first-order valence-electron chi connectivity index (χ1n) is 12.8. The van der Waals surface area contributed by atoms with Crippen LogP contribution in [0.5, 0.6) is 5.75 Å². The number of nitrogens with zero attached hydrogens (tertiary/aromatic N) is 2. The first-order valence-corrected chi connectivity index (χ1v) is 12.8. The molecule has 1 saturated heterocycles. The molecule has 2 N–H and O–H groups in total. The Balaban J connectivity index is 1.49. The smallest absolute Gasteiger partial charge is 0.307 e. The summed E-state index contributed by atoms with van der Waals surface area (Å²) in [5, 5.41) is 10.6. The third kappa shape index (κ3) is 4.94. The number of rotatable bonds is 9. The van der Waals surface area contributed by atoms with Crippen molar-refractivity contribution in [3.8, 4) is 5.75 Å². The number of fused-ring (bicyclic) bond motifs is 3. The fraction of sp³-hybridized carbons (Fsp3) is 0.464. The summed E-state index contributed by atoms with van der Waals surface area (Å²) in [6, 6.07) is 9.22. The van der Waals surface area contributed by atoms with E-state index < -0.39 is 29.6 Å². The van der Waals surface area contributed by atoms with Gasteiger partial charge in [0, 0.05) is 66.5 Å². The van der Waals surface area contributed by atoms with E-state index in [0.717, 1.165) is 16.5 Å². The molecule has 0 radical (unpaired) electrons. The number of carboxylic acid groups (broad SMARTS) is 1. The number of alkyl halides is 1. The van der Waals surface area contributed by atoms with E-state index in [0.29, 0.717) is 38.2 Å². The summed E-state index contributed by atoms with van der Waals surface area (Å²) in [7, 11) is 0. The van der Waals surface area contributed by atoms with Gasteiger partial charge in [-0.15, -0.1) is 0 Å². The number of nitrogens with one attached hydrogen (secondary N) is 1. The summed E-state index contributed by atoms with van der Waals surface area (Å²) in [6.45, 7) is 5.14. The Morgan fingerprint density at radius 1 is 1.22 bits per heavy atom. The van der Waals surface area contributed by atoms with Gasteiger partial charge in [0.15, 0.2) is 0 Å². The lowest BCUT2D eigenvalue weighted by atomic mass is 9.87. The van der Waals surface area contributed by atoms with E-state index in [1.54, 1.807) is 6.92 Å². The van der Waals surface area contributed by atoms with Gasteiger partial charge in [-0.1, -0.05) is 25.1 Å². The van der Waals surface area contributed by atoms with Crippen molar-refractivity contribution >= 4 is 16.9 Å². The van der Waals surface area contributed by atoms with Crippen molar-refractivity contribution in [1.29, 1.82) is 0 Å². The van der Waals surface area contributed by atoms with E-state index in [1.165, 1.54) is 12.1 Å². The van der Waals surface area contributed by atoms with E-state index in [2.05, 4.69) is 4.98 Å². The molecule has 0 saturated carbocycles. The second-order valence-corrected chi connectivity index (χ2v) is 10.3. The summed E-state index contributed by atoms with van der Waals surface area (Å²) in [4.78, 5) is 19.0. The molecule has 2 aromatic carbocycles. The number of H-pyrrole nitrogens is 1. The van der Waals surface area contributed by atoms with Gasteiger partial charge in [0.25, 0.3) is 0 Å². The van der Waals surface area contributed by atoms with E-state index in [-0.39, 0.29) is 36.7 Å². The van der Waals surface area contributed by atoms with Crippen LogP contribution in [0.15, 0.2) is 36.4 Å². The lowest BCUT2D eigenvalue weighted by molar-refractivity contribution is -0.142. The summed E-state index contributed by atoms with van der Waals surface area (Å²) in [5.41, 5.74) is 2.43. The number of aromatic amines is 1. The number of aliphatic carboxylic acids is 1. The normalized spacial score (nSPS) is 21.5. The summed E-state index contributed by atoms with van der Waals surface area (Å²) < 4.78 is 49.6. The van der Waals surface area contributed by atoms with Crippen LogP contribution in [0.4, 0.5) is 13.2 Å². The van der Waals surface area contributed by atoms with Gasteiger partial charge in [0.2, 0.25) is 0 Å². The highest BCUT2D eigenvalue weighted by molar-refractivity contribution is 5.85. The van der Waals surface area contributed by atoms with E-state index >= 15 is 8.78 Å². The third-order valence-corrected chi connectivity index (χ3v) is 7.58. The second-order valence-electron chi connectivity index (χ2n) is 10.3. The van der Waals surface area contributed by atoms with Crippen LogP contribution in [-0.2, 0) is 11.2 Å². The predicted molar refractivity (Wildman–Crippen MR) is 135 cm³/mol. The SMILES string of the molecule is CC(CN1[C@H](c2c(F)cc(OC3CN(CCCF)C3)cc2F)c2[nH]c3ccccc3c2C[C@H]1C)C(=O)O. The number of ether oxygens (including phenoxy) is 1. The van der Waals surface area contributed by atoms with Crippen molar-refractivity contribution in [3.63, 3.8) is 0 Å². The Labute approximate surface area is 214 Å². The van der Waals surface area contributed by atoms with Crippen molar-refractivity contribution < 1.29 is 27.8 Å². The molecular weight excluding hydrogens is 483 g/mol. The highest BCUT2D eigenvalue weighted by Crippen LogP contribution is 2.43. The van der Waals surface area contributed by atoms with Crippen LogP contribution in [0.1, 0.15) is 43.1 Å². The monoisotopic (exact) mass is 515 g/mol. The number of benzene rings is 2. The standard InChI is InChI=1S/C28H32F3N3O3/c1-16(28(35)36)13-34-17(2)10-21-20-6-3-4-7-24(20)32-26(21)27(34)25-22(30)11-18(12-23(25)31)37-19-14-33(15-19)9-5-8-29/h3-4,6-7,11-12,16-17,19,27,32H,5,8-10,13-15H2,1-2H3,(H,35,36)/t16?,17-,27-/m1/s1. The van der Waals surface area contributed by atoms with Gasteiger partial charge >= 0.3 is 5.97 Å². The molecule has 9 heteroatoms. The molecule has 0 bridgehead atoms. The molecule has 0 amide bonds. The molecule has 3 aromatic rings. The summed E-state index contributed by atoms with van der Waals surface area (Å²) in [6.07, 6.45) is 0.886. The topological polar surface area (TPSA) is 68.8 Å². The lowest BCUT2D eigenvalue weighted by Crippen LogP contribution is -2.53. The van der Waals surface area contributed by atoms with E-state index in [9.17, 15) is 14.3 Å². The fourth-order valence-corrected chi connectivity index (χ4v) is 5.64. The van der Waals surface area contributed by atoms with Crippen LogP contribution in [0.2, 0.25) is 0 Å². The predicted octanol–water partition coefficient (Wildman–Crippen LogP) is 4.93. The van der Waals surface area contributed by atoms with E-state index in [4.69, 9.17) is 4.74 Å². The maximum Gasteiger partial charge on any atom is 0.307 e. The quantitative estimate of drug-likeness (QED) is 0.423. The number of para-hydroxylation sites is 1. The summed E-state index contributed by atoms with van der Waals surface area (Å²) in [5.74, 6) is -3.04. The molecule has 198 valence electrons. The van der Waals surface area contributed by atoms with Crippen LogP contribution in [0, 0.1) is 17.6 Å². The average molecular weight is 516 g/mol. The van der Waals surface area contributed by atoms with Crippen molar-refractivity contribution in [3.05, 3.63) is 64.9 Å². The van der Waals surface area contributed by atoms with Crippen LogP contribution in [0.25, 0.3) is 10.9 Å². The minimum atomic E-state index is -0.959. The zero-order chi connectivity index (χ0) is 26.3. The summed E-state index contributed by atoms with van der Waals surface area (Å²) >= 11 is 0. The number of hydrogen-bond acceptors (Lipinski definition) is 4. The lowest BCUT2D eigenvalue weighted by Gasteiger charge is -2.42. The fourth-order valence-electron chi connectivity index (χ4n) is 5.64. The molecule has 0 spiro atoms. The van der Waals surface area contributed by atoms with Crippen LogP contribution < -0.4 is 4.74 Å². The number of aromatic nitrogens is 1. The zero-order valence-electron chi connectivity index (χ0n) is 21.0. The largest absolute Gasteiger partial charge is 0.488 e. The molecule has 6 nitrogen and oxygen atoms in total. The maximum atomic E-state index is 15.7. The van der Waals surface area contributed by atoms with Gasteiger partial charge in [0.1, 0.15) is 23.5 Å². The van der Waals surface area contributed by atoms with Gasteiger partial charge in [-0.3, -0.25) is 19.0 Å². The number of likely N-dealkylation sites (tertiary alicyclic amines) is 1. The van der Waals surface area contributed by atoms with Crippen molar-refractivity contribution in [2.75, 3.05) is 32.9 Å². The Morgan fingerprint density at radius 3 is 2.59 bits per heavy atom. The second kappa shape index (κ2) is 10.4. The van der Waals surface area contributed by atoms with E-state index in [1.807, 2.05) is 41.0 Å². The van der Waals surface area contributed by atoms with Gasteiger partial charge < -0.3 is 14.8 Å². The Bertz CT molecular complexity index is 1270. The van der Waals surface area contributed by atoms with Crippen molar-refractivity contribution in [2.45, 2.75) is 44.9 Å². The molecular formula is C28H32F3N3O3. The Kier molecular flexibility index (Phi) is 7.18. The molecule has 1 fully saturated rings. The van der Waals surface area contributed by atoms with Gasteiger partial charge in [0.05, 0.1) is 18.6 Å². The Hall–Kier alpha value is -3.04. The van der Waals surface area contributed by atoms with Gasteiger partial charge in [-0.05, 0) is 31.4 Å². The molecule has 0 aliphatic carbocycles. The highest BCUT2D eigenvalue weighted by Gasteiger charge is 2.40. The highest BCUT2D eigenvalue weighted by atomic mass is 19.1. The minimum absolute atomic E-state index is 0.111. The molecule has 1 aromatic heterocycles. The molecule has 3 atom stereocenters. The number of halogens is 3. The number of hydrogen-bond donors (Lipinski definition) is 2. The molecule has 3 heterocycles. The van der Waals surface area contributed by atoms with Crippen LogP contribution in [0.3, 0.4) is 0 Å². The van der Waals surface area contributed by atoms with Crippen molar-refractivity contribution in [1.82, 2.24) is 14.8 Å². The molecule has 37 heavy (non-hydrogen) atoms. The van der Waals surface area contributed by atoms with Gasteiger partial charge in [-0.2, -0.15) is 0 Å². The zero-order valence-corrected chi connectivity index (χ0v) is 21.0. The molecule has 2 aliphatic heterocycles. The maximum absolute atomic E-state index is 15.7. The first-order chi connectivity index (χ1) is 17.8.